The lowest BCUT2D eigenvalue weighted by molar-refractivity contribution is -0.121. The van der Waals surface area contributed by atoms with Gasteiger partial charge in [-0.15, -0.1) is 0 Å². The van der Waals surface area contributed by atoms with Crippen LogP contribution in [0.4, 0.5) is 0 Å². The highest BCUT2D eigenvalue weighted by Crippen LogP contribution is 2.18. The van der Waals surface area contributed by atoms with Gasteiger partial charge in [0.2, 0.25) is 5.91 Å². The fraction of sp³-hybridized carbons (Fsp3) is 0.158. The van der Waals surface area contributed by atoms with Crippen molar-refractivity contribution in [3.05, 3.63) is 77.3 Å². The number of carbonyl (C=O) groups is 2. The Morgan fingerprint density at radius 3 is 2.56 bits per heavy atom. The highest BCUT2D eigenvalue weighted by Gasteiger charge is 2.13. The van der Waals surface area contributed by atoms with Gasteiger partial charge in [-0.1, -0.05) is 54.6 Å². The second-order valence-electron chi connectivity index (χ2n) is 5.19. The molecule has 0 aliphatic carbocycles. The Kier molecular flexibility index (Phi) is 7.04. The molecule has 0 aromatic heterocycles. The molecule has 2 amide bonds. The molecular formula is C19H19ClN2O3. The minimum atomic E-state index is -0.453. The summed E-state index contributed by atoms with van der Waals surface area (Å²) in [6.07, 6.45) is 2.28. The molecule has 130 valence electrons. The lowest BCUT2D eigenvalue weighted by Gasteiger charge is -2.11. The van der Waals surface area contributed by atoms with Crippen molar-refractivity contribution in [2.24, 2.45) is 0 Å². The summed E-state index contributed by atoms with van der Waals surface area (Å²) in [5.41, 5.74) is 6.00. The second-order valence-corrected chi connectivity index (χ2v) is 5.60. The molecule has 0 saturated carbocycles. The summed E-state index contributed by atoms with van der Waals surface area (Å²) in [7, 11) is 0. The summed E-state index contributed by atoms with van der Waals surface area (Å²) >= 11 is 6.05. The number of hydrazine groups is 1. The van der Waals surface area contributed by atoms with Crippen molar-refractivity contribution in [1.82, 2.24) is 10.9 Å². The summed E-state index contributed by atoms with van der Waals surface area (Å²) in [6, 6.07) is 14.1. The predicted octanol–water partition coefficient (Wildman–Crippen LogP) is 3.30. The molecule has 2 aromatic carbocycles. The van der Waals surface area contributed by atoms with E-state index in [9.17, 15) is 9.59 Å². The number of carbonyl (C=O) groups excluding carboxylic acids is 2. The number of para-hydroxylation sites is 1. The largest absolute Gasteiger partial charge is 0.489 e. The number of aryl methyl sites for hydroxylation is 1. The van der Waals surface area contributed by atoms with Crippen LogP contribution < -0.4 is 15.6 Å². The van der Waals surface area contributed by atoms with Gasteiger partial charge in [-0.3, -0.25) is 20.4 Å². The summed E-state index contributed by atoms with van der Waals surface area (Å²) in [6.45, 7) is 3.86. The van der Waals surface area contributed by atoms with E-state index in [2.05, 4.69) is 17.4 Å². The van der Waals surface area contributed by atoms with Gasteiger partial charge in [0, 0.05) is 11.4 Å². The summed E-state index contributed by atoms with van der Waals surface area (Å²) < 4.78 is 5.43. The predicted molar refractivity (Wildman–Crippen MR) is 97.5 cm³/mol. The summed E-state index contributed by atoms with van der Waals surface area (Å²) in [5, 5.41) is 0.618. The number of benzene rings is 2. The van der Waals surface area contributed by atoms with E-state index in [-0.39, 0.29) is 18.9 Å². The molecule has 25 heavy (non-hydrogen) atoms. The first-order valence-corrected chi connectivity index (χ1v) is 8.15. The monoisotopic (exact) mass is 358 g/mol. The Balaban J connectivity index is 1.86. The third kappa shape index (κ3) is 5.65. The zero-order valence-electron chi connectivity index (χ0n) is 13.6. The zero-order chi connectivity index (χ0) is 18.1. The summed E-state index contributed by atoms with van der Waals surface area (Å²) in [5.74, 6) is -0.339. The van der Waals surface area contributed by atoms with Crippen molar-refractivity contribution in [3.8, 4) is 5.75 Å². The van der Waals surface area contributed by atoms with Crippen LogP contribution in [0.1, 0.15) is 22.3 Å². The van der Waals surface area contributed by atoms with E-state index in [0.29, 0.717) is 22.8 Å². The van der Waals surface area contributed by atoms with Crippen molar-refractivity contribution in [1.29, 1.82) is 0 Å². The van der Waals surface area contributed by atoms with Crippen LogP contribution in [-0.4, -0.2) is 18.4 Å². The fourth-order valence-electron chi connectivity index (χ4n) is 2.13. The van der Waals surface area contributed by atoms with Gasteiger partial charge < -0.3 is 4.74 Å². The molecule has 6 heteroatoms. The first kappa shape index (κ1) is 18.5. The first-order valence-electron chi connectivity index (χ1n) is 7.77. The van der Waals surface area contributed by atoms with E-state index in [1.54, 1.807) is 36.4 Å². The van der Waals surface area contributed by atoms with Crippen LogP contribution in [0.2, 0.25) is 5.02 Å². The quantitative estimate of drug-likeness (QED) is 0.589. The van der Waals surface area contributed by atoms with Crippen LogP contribution in [0.3, 0.4) is 0 Å². The average Bonchev–Trinajstić information content (AvgIpc) is 2.64. The molecule has 0 radical (unpaired) electrons. The lowest BCUT2D eigenvalue weighted by atomic mass is 10.1. The number of halogens is 1. The topological polar surface area (TPSA) is 67.4 Å². The van der Waals surface area contributed by atoms with Gasteiger partial charge in [0.1, 0.15) is 12.4 Å². The maximum atomic E-state index is 12.2. The van der Waals surface area contributed by atoms with E-state index in [1.165, 1.54) is 0 Å². The highest BCUT2D eigenvalue weighted by atomic mass is 35.5. The van der Waals surface area contributed by atoms with Gasteiger partial charge in [0.25, 0.3) is 5.91 Å². The number of amides is 2. The molecule has 0 aliphatic rings. The average molecular weight is 359 g/mol. The zero-order valence-corrected chi connectivity index (χ0v) is 14.4. The third-order valence-corrected chi connectivity index (χ3v) is 3.75. The Morgan fingerprint density at radius 2 is 1.80 bits per heavy atom. The van der Waals surface area contributed by atoms with Gasteiger partial charge in [-0.2, -0.15) is 0 Å². The van der Waals surface area contributed by atoms with Crippen molar-refractivity contribution >= 4 is 23.4 Å². The molecule has 0 saturated heterocycles. The van der Waals surface area contributed by atoms with E-state index in [1.807, 2.05) is 18.2 Å². The van der Waals surface area contributed by atoms with Crippen molar-refractivity contribution in [2.75, 3.05) is 6.61 Å². The second kappa shape index (κ2) is 9.49. The Hall–Kier alpha value is -2.79. The number of rotatable bonds is 7. The maximum Gasteiger partial charge on any atom is 0.273 e. The molecule has 2 rings (SSSR count). The summed E-state index contributed by atoms with van der Waals surface area (Å²) in [4.78, 5) is 24.1. The molecule has 0 spiro atoms. The third-order valence-electron chi connectivity index (χ3n) is 3.38. The molecule has 0 aliphatic heterocycles. The lowest BCUT2D eigenvalue weighted by Crippen LogP contribution is -2.41. The Bertz CT molecular complexity index is 762. The minimum absolute atomic E-state index is 0.207. The van der Waals surface area contributed by atoms with Gasteiger partial charge in [0.05, 0.1) is 5.56 Å². The van der Waals surface area contributed by atoms with Crippen LogP contribution in [0.5, 0.6) is 5.75 Å². The molecule has 0 fully saturated rings. The normalized spacial score (nSPS) is 9.96. The molecule has 0 unspecified atom stereocenters. The van der Waals surface area contributed by atoms with Crippen molar-refractivity contribution in [2.45, 2.75) is 12.8 Å². The molecule has 0 atom stereocenters. The maximum absolute atomic E-state index is 12.2. The van der Waals surface area contributed by atoms with Crippen LogP contribution >= 0.6 is 11.6 Å². The van der Waals surface area contributed by atoms with Crippen LogP contribution in [0, 0.1) is 0 Å². The van der Waals surface area contributed by atoms with Crippen molar-refractivity contribution in [3.63, 3.8) is 0 Å². The molecular weight excluding hydrogens is 340 g/mol. The Morgan fingerprint density at radius 1 is 1.08 bits per heavy atom. The number of nitrogens with one attached hydrogen (secondary N) is 2. The molecule has 5 nitrogen and oxygen atoms in total. The standard InChI is InChI=1S/C19H19ClN2O3/c1-2-13-25-17-10-6-4-8-15(17)19(24)22-21-18(23)12-11-14-7-3-5-9-16(14)20/h2-10H,1,11-13H2,(H,21,23)(H,22,24). The van der Waals surface area contributed by atoms with E-state index < -0.39 is 5.91 Å². The van der Waals surface area contributed by atoms with Crippen LogP contribution in [0.15, 0.2) is 61.2 Å². The number of ether oxygens (including phenoxy) is 1. The fourth-order valence-corrected chi connectivity index (χ4v) is 2.36. The molecule has 0 bridgehead atoms. The molecule has 0 heterocycles. The smallest absolute Gasteiger partial charge is 0.273 e. The van der Waals surface area contributed by atoms with E-state index in [0.717, 1.165) is 5.56 Å². The molecule has 2 N–H and O–H groups in total. The van der Waals surface area contributed by atoms with Crippen LogP contribution in [0.25, 0.3) is 0 Å². The van der Waals surface area contributed by atoms with Gasteiger partial charge in [0.15, 0.2) is 0 Å². The molecule has 2 aromatic rings. The van der Waals surface area contributed by atoms with Crippen molar-refractivity contribution < 1.29 is 14.3 Å². The van der Waals surface area contributed by atoms with E-state index >= 15 is 0 Å². The van der Waals surface area contributed by atoms with Gasteiger partial charge in [-0.25, -0.2) is 0 Å². The SMILES string of the molecule is C=CCOc1ccccc1C(=O)NNC(=O)CCc1ccccc1Cl. The highest BCUT2D eigenvalue weighted by molar-refractivity contribution is 6.31. The number of hydrogen-bond acceptors (Lipinski definition) is 3. The van der Waals surface area contributed by atoms with Gasteiger partial charge in [-0.05, 0) is 30.2 Å². The number of hydrogen-bond donors (Lipinski definition) is 2. The van der Waals surface area contributed by atoms with Gasteiger partial charge >= 0.3 is 0 Å². The van der Waals surface area contributed by atoms with E-state index in [4.69, 9.17) is 16.3 Å². The Labute approximate surface area is 151 Å². The minimum Gasteiger partial charge on any atom is -0.489 e. The first-order chi connectivity index (χ1) is 12.1. The van der Waals surface area contributed by atoms with Crippen LogP contribution in [-0.2, 0) is 11.2 Å².